The zero-order valence-electron chi connectivity index (χ0n) is 14.2. The van der Waals surface area contributed by atoms with Crippen LogP contribution in [0.15, 0.2) is 0 Å². The lowest BCUT2D eigenvalue weighted by molar-refractivity contribution is 0.283. The summed E-state index contributed by atoms with van der Waals surface area (Å²) in [6.45, 7) is 12.1. The van der Waals surface area contributed by atoms with Crippen molar-refractivity contribution in [1.82, 2.24) is 15.1 Å². The van der Waals surface area contributed by atoms with E-state index in [0.717, 1.165) is 37.4 Å². The van der Waals surface area contributed by atoms with Crippen LogP contribution in [0.2, 0.25) is 0 Å². The van der Waals surface area contributed by atoms with Gasteiger partial charge in [0.25, 0.3) is 0 Å². The van der Waals surface area contributed by atoms with Gasteiger partial charge in [0.15, 0.2) is 0 Å². The van der Waals surface area contributed by atoms with E-state index in [1.54, 1.807) is 0 Å². The molecule has 0 saturated heterocycles. The summed E-state index contributed by atoms with van der Waals surface area (Å²) in [5, 5.41) is 8.40. The van der Waals surface area contributed by atoms with Crippen LogP contribution in [0.4, 0.5) is 0 Å². The molecule has 118 valence electrons. The van der Waals surface area contributed by atoms with E-state index in [2.05, 4.69) is 37.7 Å². The predicted molar refractivity (Wildman–Crippen MR) is 87.2 cm³/mol. The second kappa shape index (κ2) is 6.12. The van der Waals surface area contributed by atoms with Gasteiger partial charge in [0, 0.05) is 24.3 Å². The molecule has 0 amide bonds. The van der Waals surface area contributed by atoms with E-state index >= 15 is 0 Å². The van der Waals surface area contributed by atoms with E-state index in [0.29, 0.717) is 5.92 Å². The minimum Gasteiger partial charge on any atom is -0.312 e. The van der Waals surface area contributed by atoms with Crippen molar-refractivity contribution in [3.8, 4) is 0 Å². The van der Waals surface area contributed by atoms with Crippen molar-refractivity contribution < 1.29 is 0 Å². The second-order valence-corrected chi connectivity index (χ2v) is 7.79. The summed E-state index contributed by atoms with van der Waals surface area (Å²) in [4.78, 5) is 0. The lowest BCUT2D eigenvalue weighted by atomic mass is 9.89. The summed E-state index contributed by atoms with van der Waals surface area (Å²) in [6.07, 6.45) is 5.90. The number of nitrogens with one attached hydrogen (secondary N) is 1. The molecule has 0 aliphatic heterocycles. The quantitative estimate of drug-likeness (QED) is 0.865. The van der Waals surface area contributed by atoms with Crippen LogP contribution in [-0.2, 0) is 13.1 Å². The number of aryl methyl sites for hydroxylation is 1. The largest absolute Gasteiger partial charge is 0.312 e. The second-order valence-electron chi connectivity index (χ2n) is 7.79. The topological polar surface area (TPSA) is 29.9 Å². The van der Waals surface area contributed by atoms with Gasteiger partial charge < -0.3 is 5.32 Å². The Labute approximate surface area is 129 Å². The standard InChI is InChI=1S/C18H31N3/c1-12(2)9-19-10-18-13(3)20-21(14(18)4)11-17-8-15-5-6-16(17)7-15/h12,15-17,19H,5-11H2,1-4H3. The van der Waals surface area contributed by atoms with Crippen LogP contribution >= 0.6 is 0 Å². The van der Waals surface area contributed by atoms with Crippen molar-refractivity contribution >= 4 is 0 Å². The molecule has 0 aromatic carbocycles. The fraction of sp³-hybridized carbons (Fsp3) is 0.833. The van der Waals surface area contributed by atoms with Crippen LogP contribution in [0.25, 0.3) is 0 Å². The zero-order chi connectivity index (χ0) is 15.0. The predicted octanol–water partition coefficient (Wildman–Crippen LogP) is 3.68. The van der Waals surface area contributed by atoms with Gasteiger partial charge in [0.1, 0.15) is 0 Å². The summed E-state index contributed by atoms with van der Waals surface area (Å²) in [6, 6.07) is 0. The van der Waals surface area contributed by atoms with Crippen molar-refractivity contribution in [3.05, 3.63) is 17.0 Å². The molecular weight excluding hydrogens is 258 g/mol. The van der Waals surface area contributed by atoms with Gasteiger partial charge in [0.05, 0.1) is 5.69 Å². The van der Waals surface area contributed by atoms with Gasteiger partial charge in [-0.05, 0) is 63.3 Å². The highest BCUT2D eigenvalue weighted by atomic mass is 15.3. The van der Waals surface area contributed by atoms with Crippen LogP contribution in [0, 0.1) is 37.5 Å². The van der Waals surface area contributed by atoms with Gasteiger partial charge in [-0.3, -0.25) is 4.68 Å². The third-order valence-corrected chi connectivity index (χ3v) is 5.68. The van der Waals surface area contributed by atoms with Gasteiger partial charge in [-0.1, -0.05) is 20.3 Å². The molecule has 2 aliphatic rings. The van der Waals surface area contributed by atoms with Gasteiger partial charge in [0.2, 0.25) is 0 Å². The molecule has 3 atom stereocenters. The number of hydrogen-bond acceptors (Lipinski definition) is 2. The number of nitrogens with zero attached hydrogens (tertiary/aromatic N) is 2. The summed E-state index contributed by atoms with van der Waals surface area (Å²) >= 11 is 0. The van der Waals surface area contributed by atoms with Crippen molar-refractivity contribution in [1.29, 1.82) is 0 Å². The monoisotopic (exact) mass is 289 g/mol. The molecule has 0 spiro atoms. The SMILES string of the molecule is Cc1nn(CC2CC3CCC2C3)c(C)c1CNCC(C)C. The Kier molecular flexibility index (Phi) is 4.39. The van der Waals surface area contributed by atoms with E-state index < -0.39 is 0 Å². The molecule has 3 nitrogen and oxygen atoms in total. The van der Waals surface area contributed by atoms with Crippen molar-refractivity contribution in [3.63, 3.8) is 0 Å². The minimum absolute atomic E-state index is 0.703. The first kappa shape index (κ1) is 15.1. The Morgan fingerprint density at radius 2 is 2.05 bits per heavy atom. The molecule has 3 rings (SSSR count). The van der Waals surface area contributed by atoms with E-state index in [1.165, 1.54) is 42.6 Å². The first-order valence-corrected chi connectivity index (χ1v) is 8.78. The molecule has 1 aromatic heterocycles. The highest BCUT2D eigenvalue weighted by molar-refractivity contribution is 5.24. The molecule has 1 N–H and O–H groups in total. The van der Waals surface area contributed by atoms with Gasteiger partial charge in [-0.2, -0.15) is 5.10 Å². The number of rotatable bonds is 6. The molecular formula is C18H31N3. The third kappa shape index (κ3) is 3.18. The molecule has 2 fully saturated rings. The van der Waals surface area contributed by atoms with E-state index in [-0.39, 0.29) is 0 Å². The fourth-order valence-electron chi connectivity index (χ4n) is 4.48. The molecule has 1 heterocycles. The number of aromatic nitrogens is 2. The summed E-state index contributed by atoms with van der Waals surface area (Å²) < 4.78 is 2.30. The highest BCUT2D eigenvalue weighted by Gasteiger charge is 2.39. The molecule has 2 saturated carbocycles. The molecule has 3 unspecified atom stereocenters. The summed E-state index contributed by atoms with van der Waals surface area (Å²) in [7, 11) is 0. The Hall–Kier alpha value is -0.830. The first-order chi connectivity index (χ1) is 10.0. The van der Waals surface area contributed by atoms with E-state index in [1.807, 2.05) is 0 Å². The van der Waals surface area contributed by atoms with Crippen LogP contribution in [0.3, 0.4) is 0 Å². The fourth-order valence-corrected chi connectivity index (χ4v) is 4.48. The number of fused-ring (bicyclic) bond motifs is 2. The average Bonchev–Trinajstić information content (AvgIpc) is 3.09. The first-order valence-electron chi connectivity index (χ1n) is 8.78. The van der Waals surface area contributed by atoms with Crippen LogP contribution in [0.5, 0.6) is 0 Å². The Morgan fingerprint density at radius 3 is 2.67 bits per heavy atom. The maximum absolute atomic E-state index is 4.83. The third-order valence-electron chi connectivity index (χ3n) is 5.68. The summed E-state index contributed by atoms with van der Waals surface area (Å²) in [5.41, 5.74) is 4.01. The number of hydrogen-bond donors (Lipinski definition) is 1. The van der Waals surface area contributed by atoms with Crippen molar-refractivity contribution in [2.75, 3.05) is 6.54 Å². The molecule has 3 heteroatoms. The maximum atomic E-state index is 4.83. The smallest absolute Gasteiger partial charge is 0.0641 e. The Morgan fingerprint density at radius 1 is 1.24 bits per heavy atom. The molecule has 2 bridgehead atoms. The van der Waals surface area contributed by atoms with Crippen molar-refractivity contribution in [2.45, 2.75) is 66.5 Å². The molecule has 0 radical (unpaired) electrons. The molecule has 1 aromatic rings. The van der Waals surface area contributed by atoms with Gasteiger partial charge >= 0.3 is 0 Å². The van der Waals surface area contributed by atoms with E-state index in [9.17, 15) is 0 Å². The molecule has 2 aliphatic carbocycles. The van der Waals surface area contributed by atoms with Crippen LogP contribution in [0.1, 0.15) is 56.5 Å². The van der Waals surface area contributed by atoms with Gasteiger partial charge in [-0.25, -0.2) is 0 Å². The van der Waals surface area contributed by atoms with Crippen LogP contribution in [-0.4, -0.2) is 16.3 Å². The zero-order valence-corrected chi connectivity index (χ0v) is 14.2. The molecule has 21 heavy (non-hydrogen) atoms. The highest BCUT2D eigenvalue weighted by Crippen LogP contribution is 2.48. The minimum atomic E-state index is 0.703. The summed E-state index contributed by atoms with van der Waals surface area (Å²) in [5.74, 6) is 3.61. The van der Waals surface area contributed by atoms with Gasteiger partial charge in [-0.15, -0.1) is 0 Å². The lowest BCUT2D eigenvalue weighted by Crippen LogP contribution is -2.20. The average molecular weight is 289 g/mol. The van der Waals surface area contributed by atoms with Crippen LogP contribution < -0.4 is 5.32 Å². The Bertz CT molecular complexity index is 489. The van der Waals surface area contributed by atoms with E-state index in [4.69, 9.17) is 5.10 Å². The van der Waals surface area contributed by atoms with Crippen molar-refractivity contribution in [2.24, 2.45) is 23.7 Å². The Balaban J connectivity index is 1.63. The normalized spacial score (nSPS) is 28.0. The maximum Gasteiger partial charge on any atom is 0.0641 e. The lowest BCUT2D eigenvalue weighted by Gasteiger charge is -2.22.